The van der Waals surface area contributed by atoms with Crippen molar-refractivity contribution < 1.29 is 18.4 Å². The van der Waals surface area contributed by atoms with E-state index in [2.05, 4.69) is 29.6 Å². The van der Waals surface area contributed by atoms with Gasteiger partial charge in [0.15, 0.2) is 0 Å². The average molecular weight is 364 g/mol. The summed E-state index contributed by atoms with van der Waals surface area (Å²) in [5.74, 6) is -1.48. The Bertz CT molecular complexity index is 774. The Hall–Kier alpha value is -2.77. The van der Waals surface area contributed by atoms with Crippen LogP contribution >= 0.6 is 0 Å². The van der Waals surface area contributed by atoms with Crippen molar-refractivity contribution in [3.05, 3.63) is 47.7 Å². The summed E-state index contributed by atoms with van der Waals surface area (Å²) in [4.78, 5) is 23.8. The zero-order valence-electron chi connectivity index (χ0n) is 14.8. The minimum Gasteiger partial charge on any atom is -0.352 e. The van der Waals surface area contributed by atoms with Gasteiger partial charge in [-0.2, -0.15) is 5.10 Å². The molecule has 2 rings (SSSR count). The van der Waals surface area contributed by atoms with Crippen molar-refractivity contribution in [1.29, 1.82) is 0 Å². The first kappa shape index (κ1) is 19.6. The van der Waals surface area contributed by atoms with Gasteiger partial charge in [0.2, 0.25) is 5.91 Å². The minimum absolute atomic E-state index is 0.193. The number of hydrogen-bond donors (Lipinski definition) is 2. The fourth-order valence-electron chi connectivity index (χ4n) is 2.36. The molecule has 0 saturated heterocycles. The number of carbonyl (C=O) groups excluding carboxylic acids is 2. The molecule has 140 valence electrons. The van der Waals surface area contributed by atoms with Crippen molar-refractivity contribution in [3.63, 3.8) is 0 Å². The summed E-state index contributed by atoms with van der Waals surface area (Å²) in [5, 5.41) is 9.45. The first-order chi connectivity index (χ1) is 12.4. The van der Waals surface area contributed by atoms with Gasteiger partial charge in [0, 0.05) is 31.6 Å². The molecule has 0 bridgehead atoms. The molecule has 0 aliphatic rings. The maximum atomic E-state index is 13.5. The monoisotopic (exact) mass is 364 g/mol. The van der Waals surface area contributed by atoms with E-state index in [1.165, 1.54) is 0 Å². The molecule has 26 heavy (non-hydrogen) atoms. The van der Waals surface area contributed by atoms with Crippen LogP contribution in [0.3, 0.4) is 0 Å². The van der Waals surface area contributed by atoms with Gasteiger partial charge in [-0.15, -0.1) is 0 Å². The van der Waals surface area contributed by atoms with E-state index in [9.17, 15) is 18.4 Å². The third-order valence-electron chi connectivity index (χ3n) is 3.56. The molecule has 1 aromatic heterocycles. The van der Waals surface area contributed by atoms with E-state index in [0.29, 0.717) is 30.8 Å². The summed E-state index contributed by atoms with van der Waals surface area (Å²) in [6, 6.07) is 4.48. The lowest BCUT2D eigenvalue weighted by atomic mass is 10.2. The SMILES string of the molecule is CC(C)Cn1nccc1NC(=O)CCCNC(=O)c1ccc(F)cc1F. The highest BCUT2D eigenvalue weighted by molar-refractivity contribution is 5.94. The van der Waals surface area contributed by atoms with Gasteiger partial charge in [-0.05, 0) is 24.5 Å². The Labute approximate surface area is 150 Å². The van der Waals surface area contributed by atoms with Crippen LogP contribution in [0.1, 0.15) is 37.0 Å². The number of halogens is 2. The van der Waals surface area contributed by atoms with Crippen LogP contribution in [0.4, 0.5) is 14.6 Å². The Kier molecular flexibility index (Phi) is 6.82. The number of rotatable bonds is 8. The van der Waals surface area contributed by atoms with E-state index in [4.69, 9.17) is 0 Å². The Morgan fingerprint density at radius 2 is 2.00 bits per heavy atom. The van der Waals surface area contributed by atoms with Gasteiger partial charge < -0.3 is 10.6 Å². The first-order valence-electron chi connectivity index (χ1n) is 8.41. The van der Waals surface area contributed by atoms with Gasteiger partial charge in [-0.1, -0.05) is 13.8 Å². The predicted molar refractivity (Wildman–Crippen MR) is 93.6 cm³/mol. The lowest BCUT2D eigenvalue weighted by Gasteiger charge is -2.11. The topological polar surface area (TPSA) is 76.0 Å². The Morgan fingerprint density at radius 3 is 2.69 bits per heavy atom. The number of aromatic nitrogens is 2. The summed E-state index contributed by atoms with van der Waals surface area (Å²) in [6.07, 6.45) is 2.20. The molecule has 0 aliphatic carbocycles. The molecule has 0 aliphatic heterocycles. The lowest BCUT2D eigenvalue weighted by Crippen LogP contribution is -2.26. The van der Waals surface area contributed by atoms with Crippen LogP contribution < -0.4 is 10.6 Å². The van der Waals surface area contributed by atoms with Gasteiger partial charge in [0.05, 0.1) is 11.8 Å². The quantitative estimate of drug-likeness (QED) is 0.707. The van der Waals surface area contributed by atoms with E-state index in [1.807, 2.05) is 0 Å². The maximum absolute atomic E-state index is 13.5. The van der Waals surface area contributed by atoms with E-state index in [0.717, 1.165) is 12.1 Å². The second kappa shape index (κ2) is 9.07. The van der Waals surface area contributed by atoms with Gasteiger partial charge in [0.25, 0.3) is 5.91 Å². The van der Waals surface area contributed by atoms with Crippen LogP contribution in [0.25, 0.3) is 0 Å². The lowest BCUT2D eigenvalue weighted by molar-refractivity contribution is -0.116. The molecule has 0 fully saturated rings. The summed E-state index contributed by atoms with van der Waals surface area (Å²) in [7, 11) is 0. The van der Waals surface area contributed by atoms with Gasteiger partial charge in [0.1, 0.15) is 17.5 Å². The summed E-state index contributed by atoms with van der Waals surface area (Å²) < 4.78 is 28.1. The smallest absolute Gasteiger partial charge is 0.254 e. The molecular weight excluding hydrogens is 342 g/mol. The summed E-state index contributed by atoms with van der Waals surface area (Å²) in [6.45, 7) is 5.01. The molecule has 0 saturated carbocycles. The predicted octanol–water partition coefficient (Wildman–Crippen LogP) is 2.97. The molecule has 2 aromatic rings. The zero-order valence-corrected chi connectivity index (χ0v) is 14.8. The second-order valence-corrected chi connectivity index (χ2v) is 6.32. The molecule has 1 aromatic carbocycles. The third kappa shape index (κ3) is 5.65. The number of amides is 2. The molecule has 2 N–H and O–H groups in total. The number of carbonyl (C=O) groups is 2. The molecule has 6 nitrogen and oxygen atoms in total. The summed E-state index contributed by atoms with van der Waals surface area (Å²) in [5.41, 5.74) is -0.228. The third-order valence-corrected chi connectivity index (χ3v) is 3.56. The number of benzene rings is 1. The molecular formula is C18H22F2N4O2. The molecule has 0 unspecified atom stereocenters. The van der Waals surface area contributed by atoms with Crippen LogP contribution in [0.5, 0.6) is 0 Å². The van der Waals surface area contributed by atoms with E-state index < -0.39 is 17.5 Å². The van der Waals surface area contributed by atoms with E-state index in [1.54, 1.807) is 16.9 Å². The number of anilines is 1. The number of hydrogen-bond acceptors (Lipinski definition) is 3. The Balaban J connectivity index is 1.75. The van der Waals surface area contributed by atoms with Crippen LogP contribution in [-0.4, -0.2) is 28.1 Å². The van der Waals surface area contributed by atoms with Crippen LogP contribution in [0.15, 0.2) is 30.5 Å². The fraction of sp³-hybridized carbons (Fsp3) is 0.389. The largest absolute Gasteiger partial charge is 0.352 e. The highest BCUT2D eigenvalue weighted by atomic mass is 19.1. The highest BCUT2D eigenvalue weighted by Crippen LogP contribution is 2.11. The molecule has 0 atom stereocenters. The summed E-state index contributed by atoms with van der Waals surface area (Å²) >= 11 is 0. The molecule has 2 amide bonds. The van der Waals surface area contributed by atoms with E-state index >= 15 is 0 Å². The zero-order chi connectivity index (χ0) is 19.1. The van der Waals surface area contributed by atoms with Crippen molar-refractivity contribution in [2.45, 2.75) is 33.2 Å². The standard InChI is InChI=1S/C18H22F2N4O2/c1-12(2)11-24-16(7-9-22-24)23-17(25)4-3-8-21-18(26)14-6-5-13(19)10-15(14)20/h5-7,9-10,12H,3-4,8,11H2,1-2H3,(H,21,26)(H,23,25). The van der Waals surface area contributed by atoms with Crippen LogP contribution in [0, 0.1) is 17.6 Å². The molecule has 1 heterocycles. The second-order valence-electron chi connectivity index (χ2n) is 6.32. The fourth-order valence-corrected chi connectivity index (χ4v) is 2.36. The van der Waals surface area contributed by atoms with Crippen molar-refractivity contribution in [1.82, 2.24) is 15.1 Å². The molecule has 0 radical (unpaired) electrons. The van der Waals surface area contributed by atoms with Crippen molar-refractivity contribution in [3.8, 4) is 0 Å². The number of nitrogens with zero attached hydrogens (tertiary/aromatic N) is 2. The first-order valence-corrected chi connectivity index (χ1v) is 8.41. The van der Waals surface area contributed by atoms with Crippen LogP contribution in [-0.2, 0) is 11.3 Å². The average Bonchev–Trinajstić information content (AvgIpc) is 2.97. The van der Waals surface area contributed by atoms with E-state index in [-0.39, 0.29) is 24.4 Å². The normalized spacial score (nSPS) is 10.8. The Morgan fingerprint density at radius 1 is 1.23 bits per heavy atom. The minimum atomic E-state index is -0.918. The highest BCUT2D eigenvalue weighted by Gasteiger charge is 2.12. The van der Waals surface area contributed by atoms with Crippen LogP contribution in [0.2, 0.25) is 0 Å². The van der Waals surface area contributed by atoms with Crippen molar-refractivity contribution in [2.24, 2.45) is 5.92 Å². The molecule has 8 heteroatoms. The van der Waals surface area contributed by atoms with Gasteiger partial charge in [-0.25, -0.2) is 13.5 Å². The van der Waals surface area contributed by atoms with Crippen molar-refractivity contribution >= 4 is 17.6 Å². The number of nitrogens with one attached hydrogen (secondary N) is 2. The maximum Gasteiger partial charge on any atom is 0.254 e. The van der Waals surface area contributed by atoms with Gasteiger partial charge in [-0.3, -0.25) is 9.59 Å². The van der Waals surface area contributed by atoms with Gasteiger partial charge >= 0.3 is 0 Å². The van der Waals surface area contributed by atoms with Crippen molar-refractivity contribution in [2.75, 3.05) is 11.9 Å². The molecule has 0 spiro atoms.